The summed E-state index contributed by atoms with van der Waals surface area (Å²) in [5.74, 6) is 0.597. The predicted molar refractivity (Wildman–Crippen MR) is 99.6 cm³/mol. The van der Waals surface area contributed by atoms with E-state index in [1.54, 1.807) is 0 Å². The van der Waals surface area contributed by atoms with Gasteiger partial charge in [-0.2, -0.15) is 0 Å². The Morgan fingerprint density at radius 1 is 0.917 bits per heavy atom. The maximum Gasteiger partial charge on any atom is 0.191 e. The van der Waals surface area contributed by atoms with E-state index in [1.807, 2.05) is 30.3 Å². The van der Waals surface area contributed by atoms with Gasteiger partial charge in [0.25, 0.3) is 0 Å². The fourth-order valence-electron chi connectivity index (χ4n) is 2.52. The Labute approximate surface area is 145 Å². The van der Waals surface area contributed by atoms with Crippen molar-refractivity contribution in [2.45, 2.75) is 33.6 Å². The topological polar surface area (TPSA) is 50.8 Å². The Bertz CT molecular complexity index is 636. The summed E-state index contributed by atoms with van der Waals surface area (Å²) < 4.78 is 5.85. The van der Waals surface area contributed by atoms with E-state index < -0.39 is 0 Å². The van der Waals surface area contributed by atoms with Gasteiger partial charge in [0.2, 0.25) is 0 Å². The molecular weight excluding hydrogens is 298 g/mol. The summed E-state index contributed by atoms with van der Waals surface area (Å²) in [5.41, 5.74) is 9.55. The Kier molecular flexibility index (Phi) is 7.30. The number of guanidine groups is 1. The van der Waals surface area contributed by atoms with Gasteiger partial charge in [-0.15, -0.1) is 0 Å². The summed E-state index contributed by atoms with van der Waals surface area (Å²) >= 11 is 0. The number of nitrogens with zero attached hydrogens (tertiary/aromatic N) is 2. The molecule has 0 bridgehead atoms. The lowest BCUT2D eigenvalue weighted by Crippen LogP contribution is -2.37. The van der Waals surface area contributed by atoms with E-state index in [0.717, 1.165) is 24.2 Å². The van der Waals surface area contributed by atoms with Gasteiger partial charge >= 0.3 is 0 Å². The largest absolute Gasteiger partial charge is 0.372 e. The maximum absolute atomic E-state index is 6.06. The Morgan fingerprint density at radius 3 is 2.21 bits per heavy atom. The molecule has 24 heavy (non-hydrogen) atoms. The molecule has 0 fully saturated rings. The molecule has 0 amide bonds. The van der Waals surface area contributed by atoms with Crippen LogP contribution in [0.4, 0.5) is 0 Å². The summed E-state index contributed by atoms with van der Waals surface area (Å²) in [5, 5.41) is 0. The SMILES string of the molecule is CCN(CC)C(N)=NCc1ccccc1COCc1ccccc1. The van der Waals surface area contributed by atoms with Gasteiger partial charge in [-0.05, 0) is 30.5 Å². The molecule has 0 heterocycles. The highest BCUT2D eigenvalue weighted by Crippen LogP contribution is 2.13. The number of rotatable bonds is 8. The van der Waals surface area contributed by atoms with Gasteiger partial charge in [0.05, 0.1) is 19.8 Å². The van der Waals surface area contributed by atoms with Crippen molar-refractivity contribution < 1.29 is 4.74 Å². The molecule has 0 aromatic heterocycles. The summed E-state index contributed by atoms with van der Waals surface area (Å²) in [6, 6.07) is 18.4. The smallest absolute Gasteiger partial charge is 0.191 e. The first-order chi connectivity index (χ1) is 11.7. The maximum atomic E-state index is 6.06. The van der Waals surface area contributed by atoms with Crippen LogP contribution in [-0.4, -0.2) is 23.9 Å². The molecule has 2 rings (SSSR count). The number of hydrogen-bond donors (Lipinski definition) is 1. The van der Waals surface area contributed by atoms with Crippen LogP contribution in [0, 0.1) is 0 Å². The van der Waals surface area contributed by atoms with Gasteiger partial charge in [0.15, 0.2) is 5.96 Å². The molecular formula is C20H27N3O. The summed E-state index contributed by atoms with van der Waals surface area (Å²) in [4.78, 5) is 6.58. The van der Waals surface area contributed by atoms with Crippen LogP contribution < -0.4 is 5.73 Å². The lowest BCUT2D eigenvalue weighted by atomic mass is 10.1. The fourth-order valence-corrected chi connectivity index (χ4v) is 2.52. The normalized spacial score (nSPS) is 11.5. The summed E-state index contributed by atoms with van der Waals surface area (Å²) in [6.45, 7) is 7.66. The molecule has 2 N–H and O–H groups in total. The quantitative estimate of drug-likeness (QED) is 0.596. The van der Waals surface area contributed by atoms with Crippen LogP contribution in [0.5, 0.6) is 0 Å². The van der Waals surface area contributed by atoms with E-state index in [2.05, 4.69) is 48.0 Å². The summed E-state index contributed by atoms with van der Waals surface area (Å²) in [6.07, 6.45) is 0. The van der Waals surface area contributed by atoms with Crippen molar-refractivity contribution in [2.24, 2.45) is 10.7 Å². The van der Waals surface area contributed by atoms with Crippen LogP contribution in [0.3, 0.4) is 0 Å². The minimum Gasteiger partial charge on any atom is -0.372 e. The van der Waals surface area contributed by atoms with Crippen molar-refractivity contribution in [1.29, 1.82) is 0 Å². The van der Waals surface area contributed by atoms with Crippen LogP contribution in [0.25, 0.3) is 0 Å². The standard InChI is InChI=1S/C20H27N3O/c1-3-23(4-2)20(21)22-14-18-12-8-9-13-19(18)16-24-15-17-10-6-5-7-11-17/h5-13H,3-4,14-16H2,1-2H3,(H2,21,22). The van der Waals surface area contributed by atoms with Gasteiger partial charge in [-0.25, -0.2) is 4.99 Å². The molecule has 0 spiro atoms. The van der Waals surface area contributed by atoms with Crippen molar-refractivity contribution >= 4 is 5.96 Å². The van der Waals surface area contributed by atoms with Crippen LogP contribution in [-0.2, 0) is 24.5 Å². The lowest BCUT2D eigenvalue weighted by Gasteiger charge is -2.19. The first kappa shape index (κ1) is 18.0. The van der Waals surface area contributed by atoms with Crippen molar-refractivity contribution in [3.05, 3.63) is 71.3 Å². The minimum absolute atomic E-state index is 0.575. The monoisotopic (exact) mass is 325 g/mol. The van der Waals surface area contributed by atoms with E-state index in [-0.39, 0.29) is 0 Å². The van der Waals surface area contributed by atoms with Gasteiger partial charge in [0.1, 0.15) is 0 Å². The van der Waals surface area contributed by atoms with Gasteiger partial charge in [0, 0.05) is 13.1 Å². The molecule has 0 unspecified atom stereocenters. The second-order valence-corrected chi connectivity index (χ2v) is 5.59. The lowest BCUT2D eigenvalue weighted by molar-refractivity contribution is 0.106. The minimum atomic E-state index is 0.575. The molecule has 0 aliphatic heterocycles. The molecule has 4 heteroatoms. The molecule has 2 aromatic rings. The van der Waals surface area contributed by atoms with E-state index in [9.17, 15) is 0 Å². The van der Waals surface area contributed by atoms with Crippen molar-refractivity contribution in [3.8, 4) is 0 Å². The molecule has 128 valence electrons. The Balaban J connectivity index is 1.95. The van der Waals surface area contributed by atoms with E-state index >= 15 is 0 Å². The highest BCUT2D eigenvalue weighted by atomic mass is 16.5. The first-order valence-corrected chi connectivity index (χ1v) is 8.47. The first-order valence-electron chi connectivity index (χ1n) is 8.47. The van der Waals surface area contributed by atoms with Crippen LogP contribution in [0.15, 0.2) is 59.6 Å². The average Bonchev–Trinajstić information content (AvgIpc) is 2.63. The number of benzene rings is 2. The number of ether oxygens (including phenoxy) is 1. The number of hydrogen-bond acceptors (Lipinski definition) is 2. The van der Waals surface area contributed by atoms with Crippen LogP contribution in [0.1, 0.15) is 30.5 Å². The van der Waals surface area contributed by atoms with Gasteiger partial charge in [-0.3, -0.25) is 0 Å². The third-order valence-electron chi connectivity index (χ3n) is 3.99. The Hall–Kier alpha value is -2.33. The van der Waals surface area contributed by atoms with E-state index in [0.29, 0.717) is 25.7 Å². The molecule has 4 nitrogen and oxygen atoms in total. The number of nitrogens with two attached hydrogens (primary N) is 1. The van der Waals surface area contributed by atoms with E-state index in [4.69, 9.17) is 10.5 Å². The molecule has 0 saturated carbocycles. The fraction of sp³-hybridized carbons (Fsp3) is 0.350. The van der Waals surface area contributed by atoms with Crippen LogP contribution >= 0.6 is 0 Å². The van der Waals surface area contributed by atoms with Gasteiger partial charge < -0.3 is 15.4 Å². The van der Waals surface area contributed by atoms with Crippen molar-refractivity contribution in [3.63, 3.8) is 0 Å². The Morgan fingerprint density at radius 2 is 1.54 bits per heavy atom. The van der Waals surface area contributed by atoms with Crippen LogP contribution in [0.2, 0.25) is 0 Å². The molecule has 2 aromatic carbocycles. The third-order valence-corrected chi connectivity index (χ3v) is 3.99. The third kappa shape index (κ3) is 5.39. The molecule has 0 atom stereocenters. The molecule has 0 aliphatic rings. The molecule has 0 aliphatic carbocycles. The van der Waals surface area contributed by atoms with Crippen molar-refractivity contribution in [2.75, 3.05) is 13.1 Å². The molecule has 0 saturated heterocycles. The van der Waals surface area contributed by atoms with E-state index in [1.165, 1.54) is 5.56 Å². The zero-order valence-corrected chi connectivity index (χ0v) is 14.6. The zero-order chi connectivity index (χ0) is 17.2. The second-order valence-electron chi connectivity index (χ2n) is 5.59. The highest BCUT2D eigenvalue weighted by Gasteiger charge is 2.05. The predicted octanol–water partition coefficient (Wildman–Crippen LogP) is 3.56. The van der Waals surface area contributed by atoms with Gasteiger partial charge in [-0.1, -0.05) is 54.6 Å². The average molecular weight is 325 g/mol. The van der Waals surface area contributed by atoms with Crippen molar-refractivity contribution in [1.82, 2.24) is 4.90 Å². The zero-order valence-electron chi connectivity index (χ0n) is 14.6. The summed E-state index contributed by atoms with van der Waals surface area (Å²) in [7, 11) is 0. The second kappa shape index (κ2) is 9.73. The molecule has 0 radical (unpaired) electrons. The highest BCUT2D eigenvalue weighted by molar-refractivity contribution is 5.78. The number of aliphatic imine (C=N–C) groups is 1.